The molecule has 0 bridgehead atoms. The predicted molar refractivity (Wildman–Crippen MR) is 96.8 cm³/mol. The van der Waals surface area contributed by atoms with E-state index in [0.29, 0.717) is 12.0 Å². The number of benzene rings is 1. The lowest BCUT2D eigenvalue weighted by Crippen LogP contribution is -2.29. The first-order valence-corrected chi connectivity index (χ1v) is 9.16. The number of rotatable bonds is 6. The van der Waals surface area contributed by atoms with Gasteiger partial charge in [-0.3, -0.25) is 9.69 Å². The molecule has 0 saturated carbocycles. The van der Waals surface area contributed by atoms with E-state index in [1.165, 1.54) is 6.42 Å². The Bertz CT molecular complexity index is 579. The second kappa shape index (κ2) is 7.52. The maximum absolute atomic E-state index is 12.8. The summed E-state index contributed by atoms with van der Waals surface area (Å²) in [6.45, 7) is 8.15. The van der Waals surface area contributed by atoms with Crippen LogP contribution in [0.25, 0.3) is 0 Å². The molecule has 3 nitrogen and oxygen atoms in total. The predicted octanol–water partition coefficient (Wildman–Crippen LogP) is 4.01. The summed E-state index contributed by atoms with van der Waals surface area (Å²) in [5.74, 6) is 0.0294. The molecule has 1 fully saturated rings. The van der Waals surface area contributed by atoms with E-state index >= 15 is 0 Å². The number of allylic oxidation sites excluding steroid dienone is 2. The maximum Gasteiger partial charge on any atom is 0.314 e. The summed E-state index contributed by atoms with van der Waals surface area (Å²) in [6, 6.07) is 10.1. The normalized spacial score (nSPS) is 24.2. The van der Waals surface area contributed by atoms with Gasteiger partial charge in [-0.15, -0.1) is 0 Å². The molecule has 0 spiro atoms. The highest BCUT2D eigenvalue weighted by molar-refractivity contribution is 5.79. The lowest BCUT2D eigenvalue weighted by atomic mass is 9.85. The van der Waals surface area contributed by atoms with Gasteiger partial charge in [0, 0.05) is 13.1 Å². The molecule has 0 N–H and O–H groups in total. The molecular weight excluding hydrogens is 298 g/mol. The molecule has 3 heteroatoms. The number of nitrogens with zero attached hydrogens (tertiary/aromatic N) is 1. The van der Waals surface area contributed by atoms with Crippen LogP contribution in [0.1, 0.15) is 44.6 Å². The van der Waals surface area contributed by atoms with Crippen LogP contribution < -0.4 is 0 Å². The fourth-order valence-corrected chi connectivity index (χ4v) is 3.93. The van der Waals surface area contributed by atoms with Gasteiger partial charge in [-0.25, -0.2) is 0 Å². The molecule has 2 unspecified atom stereocenters. The first-order valence-electron chi connectivity index (χ1n) is 9.16. The van der Waals surface area contributed by atoms with Crippen molar-refractivity contribution >= 4 is 5.97 Å². The first kappa shape index (κ1) is 17.2. The molecule has 1 saturated heterocycles. The Labute approximate surface area is 145 Å². The van der Waals surface area contributed by atoms with Crippen LogP contribution in [0.4, 0.5) is 0 Å². The Morgan fingerprint density at radius 1 is 1.33 bits per heavy atom. The summed E-state index contributed by atoms with van der Waals surface area (Å²) in [5.41, 5.74) is 1.46. The average molecular weight is 327 g/mol. The second-order valence-electron chi connectivity index (χ2n) is 7.92. The minimum absolute atomic E-state index is 0.0730. The zero-order valence-electron chi connectivity index (χ0n) is 14.9. The standard InChI is InChI=1S/C21H29NO2/c1-21(2)12-13-22(16-21)14-15-24-20(23)19(18-10-6-7-11-18)17-8-4-3-5-9-17/h3-6,8-10,18-19H,7,11-16H2,1-2H3. The Balaban J connectivity index is 1.57. The van der Waals surface area contributed by atoms with Crippen molar-refractivity contribution < 1.29 is 9.53 Å². The number of ether oxygens (including phenoxy) is 1. The molecular formula is C21H29NO2. The highest BCUT2D eigenvalue weighted by atomic mass is 16.5. The fourth-order valence-electron chi connectivity index (χ4n) is 3.93. The molecule has 1 aliphatic carbocycles. The summed E-state index contributed by atoms with van der Waals surface area (Å²) in [7, 11) is 0. The molecule has 2 aliphatic rings. The van der Waals surface area contributed by atoms with Crippen LogP contribution >= 0.6 is 0 Å². The Hall–Kier alpha value is -1.61. The lowest BCUT2D eigenvalue weighted by molar-refractivity contribution is -0.146. The fraction of sp³-hybridized carbons (Fsp3) is 0.571. The highest BCUT2D eigenvalue weighted by Gasteiger charge is 2.32. The summed E-state index contributed by atoms with van der Waals surface area (Å²) < 4.78 is 5.69. The largest absolute Gasteiger partial charge is 0.464 e. The van der Waals surface area contributed by atoms with E-state index in [9.17, 15) is 4.79 Å². The molecule has 1 aromatic carbocycles. The molecule has 0 radical (unpaired) electrons. The molecule has 1 heterocycles. The van der Waals surface area contributed by atoms with Crippen LogP contribution in [0.3, 0.4) is 0 Å². The minimum atomic E-state index is -0.167. The van der Waals surface area contributed by atoms with E-state index in [-0.39, 0.29) is 17.8 Å². The van der Waals surface area contributed by atoms with Gasteiger partial charge in [-0.2, -0.15) is 0 Å². The summed E-state index contributed by atoms with van der Waals surface area (Å²) in [5, 5.41) is 0. The van der Waals surface area contributed by atoms with Crippen LogP contribution in [-0.2, 0) is 9.53 Å². The van der Waals surface area contributed by atoms with Crippen molar-refractivity contribution in [3.05, 3.63) is 48.0 Å². The van der Waals surface area contributed by atoms with Gasteiger partial charge in [-0.05, 0) is 42.7 Å². The SMILES string of the molecule is CC1(C)CCN(CCOC(=O)C(c2ccccc2)C2C=CCC2)C1. The van der Waals surface area contributed by atoms with Crippen LogP contribution in [0.2, 0.25) is 0 Å². The van der Waals surface area contributed by atoms with Crippen molar-refractivity contribution in [2.75, 3.05) is 26.2 Å². The van der Waals surface area contributed by atoms with E-state index < -0.39 is 0 Å². The topological polar surface area (TPSA) is 29.5 Å². The number of carbonyl (C=O) groups excluding carboxylic acids is 1. The van der Waals surface area contributed by atoms with E-state index in [0.717, 1.165) is 38.0 Å². The van der Waals surface area contributed by atoms with Gasteiger partial charge in [-0.1, -0.05) is 56.3 Å². The van der Waals surface area contributed by atoms with Gasteiger partial charge in [0.2, 0.25) is 0 Å². The molecule has 0 amide bonds. The van der Waals surface area contributed by atoms with Crippen molar-refractivity contribution in [1.29, 1.82) is 0 Å². The quantitative estimate of drug-likeness (QED) is 0.584. The van der Waals surface area contributed by atoms with Crippen LogP contribution in [0.5, 0.6) is 0 Å². The van der Waals surface area contributed by atoms with E-state index in [2.05, 4.69) is 30.9 Å². The van der Waals surface area contributed by atoms with Crippen molar-refractivity contribution in [2.24, 2.45) is 11.3 Å². The monoisotopic (exact) mass is 327 g/mol. The zero-order chi connectivity index (χ0) is 17.0. The first-order chi connectivity index (χ1) is 11.6. The van der Waals surface area contributed by atoms with E-state index in [1.807, 2.05) is 30.3 Å². The number of hydrogen-bond acceptors (Lipinski definition) is 3. The van der Waals surface area contributed by atoms with Gasteiger partial charge in [0.1, 0.15) is 6.61 Å². The summed E-state index contributed by atoms with van der Waals surface area (Å²) >= 11 is 0. The maximum atomic E-state index is 12.8. The van der Waals surface area contributed by atoms with E-state index in [1.54, 1.807) is 0 Å². The molecule has 1 aliphatic heterocycles. The van der Waals surface area contributed by atoms with Gasteiger partial charge in [0.25, 0.3) is 0 Å². The molecule has 130 valence electrons. The number of carbonyl (C=O) groups is 1. The Kier molecular flexibility index (Phi) is 5.40. The van der Waals surface area contributed by atoms with Gasteiger partial charge < -0.3 is 4.74 Å². The second-order valence-corrected chi connectivity index (χ2v) is 7.92. The Morgan fingerprint density at radius 2 is 2.12 bits per heavy atom. The van der Waals surface area contributed by atoms with Crippen molar-refractivity contribution in [3.63, 3.8) is 0 Å². The minimum Gasteiger partial charge on any atom is -0.464 e. The average Bonchev–Trinajstić information content (AvgIpc) is 3.19. The number of esters is 1. The lowest BCUT2D eigenvalue weighted by Gasteiger charge is -2.23. The van der Waals surface area contributed by atoms with Crippen molar-refractivity contribution in [3.8, 4) is 0 Å². The summed E-state index contributed by atoms with van der Waals surface area (Å²) in [4.78, 5) is 15.2. The third-order valence-corrected chi connectivity index (χ3v) is 5.30. The van der Waals surface area contributed by atoms with Crippen LogP contribution in [0, 0.1) is 11.3 Å². The third-order valence-electron chi connectivity index (χ3n) is 5.30. The van der Waals surface area contributed by atoms with E-state index in [4.69, 9.17) is 4.74 Å². The number of likely N-dealkylation sites (tertiary alicyclic amines) is 1. The molecule has 24 heavy (non-hydrogen) atoms. The zero-order valence-corrected chi connectivity index (χ0v) is 14.9. The van der Waals surface area contributed by atoms with Gasteiger partial charge in [0.05, 0.1) is 5.92 Å². The molecule has 1 aromatic rings. The highest BCUT2D eigenvalue weighted by Crippen LogP contribution is 2.34. The van der Waals surface area contributed by atoms with Crippen LogP contribution in [0.15, 0.2) is 42.5 Å². The number of hydrogen-bond donors (Lipinski definition) is 0. The summed E-state index contributed by atoms with van der Waals surface area (Å²) in [6.07, 6.45) is 7.68. The third kappa shape index (κ3) is 4.27. The molecule has 2 atom stereocenters. The van der Waals surface area contributed by atoms with Crippen LogP contribution in [-0.4, -0.2) is 37.1 Å². The molecule has 0 aromatic heterocycles. The van der Waals surface area contributed by atoms with Gasteiger partial charge in [0.15, 0.2) is 0 Å². The molecule has 3 rings (SSSR count). The van der Waals surface area contributed by atoms with Gasteiger partial charge >= 0.3 is 5.97 Å². The van der Waals surface area contributed by atoms with Crippen molar-refractivity contribution in [2.45, 2.75) is 39.0 Å². The Morgan fingerprint density at radius 3 is 2.75 bits per heavy atom. The smallest absolute Gasteiger partial charge is 0.314 e. The van der Waals surface area contributed by atoms with Crippen molar-refractivity contribution in [1.82, 2.24) is 4.90 Å².